The first-order valence-electron chi connectivity index (χ1n) is 22.2. The average molecular weight is 984 g/mol. The number of carbonyl (C=O) groups excluding carboxylic acids is 9. The van der Waals surface area contributed by atoms with Gasteiger partial charge in [0, 0.05) is 31.9 Å². The van der Waals surface area contributed by atoms with E-state index in [1.54, 1.807) is 0 Å². The predicted octanol–water partition coefficient (Wildman–Crippen LogP) is -6.21. The van der Waals surface area contributed by atoms with Gasteiger partial charge in [-0.2, -0.15) is 12.6 Å². The van der Waals surface area contributed by atoms with Gasteiger partial charge in [-0.1, -0.05) is 0 Å². The molecular formula is C40H65N13O14S. The molecule has 3 rings (SSSR count). The van der Waals surface area contributed by atoms with Gasteiger partial charge < -0.3 is 79.1 Å². The fourth-order valence-electron chi connectivity index (χ4n) is 8.04. The van der Waals surface area contributed by atoms with E-state index >= 15 is 0 Å². The largest absolute Gasteiger partial charge is 0.481 e. The number of nitrogens with one attached hydrogen (secondary N) is 6. The summed E-state index contributed by atoms with van der Waals surface area (Å²) in [6, 6.07) is -11.6. The molecule has 68 heavy (non-hydrogen) atoms. The molecule has 27 nitrogen and oxygen atoms in total. The lowest BCUT2D eigenvalue weighted by atomic mass is 10.1. The van der Waals surface area contributed by atoms with E-state index in [4.69, 9.17) is 22.3 Å². The van der Waals surface area contributed by atoms with Gasteiger partial charge in [-0.15, -0.1) is 0 Å². The topological polar surface area (TPSA) is 421 Å². The Kier molecular flexibility index (Phi) is 21.7. The van der Waals surface area contributed by atoms with E-state index in [9.17, 15) is 63.0 Å². The number of likely N-dealkylation sites (tertiary alicyclic amines) is 3. The number of carboxylic acid groups (broad SMARTS) is 2. The van der Waals surface area contributed by atoms with Crippen LogP contribution in [0.2, 0.25) is 0 Å². The zero-order chi connectivity index (χ0) is 51.0. The number of hydrogen-bond donors (Lipinski definition) is 13. The summed E-state index contributed by atoms with van der Waals surface area (Å²) in [6.45, 7) is 3.82. The molecule has 0 aromatic carbocycles. The van der Waals surface area contributed by atoms with Gasteiger partial charge in [-0.3, -0.25) is 52.9 Å². The Balaban J connectivity index is 1.73. The van der Waals surface area contributed by atoms with Gasteiger partial charge in [0.1, 0.15) is 48.3 Å². The lowest BCUT2D eigenvalue weighted by molar-refractivity contribution is -0.145. The van der Waals surface area contributed by atoms with Crippen molar-refractivity contribution >= 4 is 83.7 Å². The minimum atomic E-state index is -1.81. The molecule has 380 valence electrons. The van der Waals surface area contributed by atoms with Crippen LogP contribution >= 0.6 is 12.6 Å². The SMILES string of the molecule is C[C@H](N)C(=O)N1CCC[C@H]1C(=O)N[C@@H](CC(=O)O)C(=O)N[C@H](C(=O)N[C@@H](CCCN=C(N)N)C(=O)N1CCC[C@H]1C(=O)N[C@@H](C)C(=O)N1CCC[C@H]1C(=O)NCC(=O)N[C@@H](CS)C(=O)O)[C@@H](C)O. The summed E-state index contributed by atoms with van der Waals surface area (Å²) < 4.78 is 0. The van der Waals surface area contributed by atoms with Crippen molar-refractivity contribution in [2.24, 2.45) is 22.2 Å². The van der Waals surface area contributed by atoms with Crippen molar-refractivity contribution in [3.63, 3.8) is 0 Å². The molecular weight excluding hydrogens is 919 g/mol. The number of carboxylic acids is 2. The predicted molar refractivity (Wildman–Crippen MR) is 242 cm³/mol. The first-order valence-corrected chi connectivity index (χ1v) is 22.9. The minimum absolute atomic E-state index is 0.0107. The number of guanidine groups is 1. The number of aliphatic imine (C=N–C) groups is 1. The van der Waals surface area contributed by atoms with Gasteiger partial charge >= 0.3 is 11.9 Å². The molecule has 0 radical (unpaired) electrons. The van der Waals surface area contributed by atoms with Gasteiger partial charge in [-0.05, 0) is 72.1 Å². The van der Waals surface area contributed by atoms with Gasteiger partial charge in [0.25, 0.3) is 0 Å². The number of amides is 9. The van der Waals surface area contributed by atoms with Crippen molar-refractivity contribution in [3.05, 3.63) is 0 Å². The number of aliphatic hydroxyl groups is 1. The lowest BCUT2D eigenvalue weighted by Crippen LogP contribution is -2.61. The van der Waals surface area contributed by atoms with Crippen molar-refractivity contribution in [2.75, 3.05) is 38.5 Å². The van der Waals surface area contributed by atoms with E-state index < -0.39 is 139 Å². The number of rotatable bonds is 24. The second kappa shape index (κ2) is 26.3. The number of aliphatic carboxylic acids is 2. The molecule has 28 heteroatoms. The highest BCUT2D eigenvalue weighted by molar-refractivity contribution is 7.80. The van der Waals surface area contributed by atoms with E-state index in [-0.39, 0.29) is 70.0 Å². The first kappa shape index (κ1) is 56.0. The number of aliphatic hydroxyl groups excluding tert-OH is 1. The van der Waals surface area contributed by atoms with Crippen LogP contribution in [-0.2, 0) is 52.7 Å². The second-order valence-electron chi connectivity index (χ2n) is 16.8. The standard InChI is InChI=1S/C40H65N13O14S/c1-19(41)36(63)51-13-6-11-27(51)34(61)49-23(16-29(56)57)31(58)50-30(21(3)54)35(62)48-22(8-4-12-44-40(42)43)38(65)53-15-7-10-26(53)33(60)46-20(2)37(64)52-14-5-9-25(52)32(59)45-17-28(55)47-24(18-68)39(66)67/h19-27,30,54,68H,4-18,41H2,1-3H3,(H,45,59)(H,46,60)(H,47,55)(H,48,62)(H,49,61)(H,50,58)(H,56,57)(H,66,67)(H4,42,43,44)/t19-,20-,21+,22-,23-,24-,25-,26-,27-,30-/m0/s1. The Bertz CT molecular complexity index is 1940. The Morgan fingerprint density at radius 3 is 1.71 bits per heavy atom. The maximum absolute atomic E-state index is 14.3. The Hall–Kier alpha value is -6.29. The van der Waals surface area contributed by atoms with Gasteiger partial charge in [0.15, 0.2) is 5.96 Å². The highest BCUT2D eigenvalue weighted by Crippen LogP contribution is 2.23. The third-order valence-electron chi connectivity index (χ3n) is 11.5. The Morgan fingerprint density at radius 2 is 1.21 bits per heavy atom. The van der Waals surface area contributed by atoms with Gasteiger partial charge in [-0.25, -0.2) is 4.79 Å². The van der Waals surface area contributed by atoms with Crippen molar-refractivity contribution in [1.82, 2.24) is 46.6 Å². The maximum Gasteiger partial charge on any atom is 0.327 e. The number of nitrogens with zero attached hydrogens (tertiary/aromatic N) is 4. The number of thiol groups is 1. The lowest BCUT2D eigenvalue weighted by Gasteiger charge is -2.32. The molecule has 3 aliphatic heterocycles. The molecule has 3 saturated heterocycles. The highest BCUT2D eigenvalue weighted by Gasteiger charge is 2.42. The monoisotopic (exact) mass is 983 g/mol. The minimum Gasteiger partial charge on any atom is -0.481 e. The normalized spacial score (nSPS) is 20.9. The van der Waals surface area contributed by atoms with Crippen LogP contribution < -0.4 is 49.1 Å². The first-order chi connectivity index (χ1) is 32.0. The molecule has 0 aliphatic carbocycles. The maximum atomic E-state index is 14.3. The summed E-state index contributed by atoms with van der Waals surface area (Å²) in [5.41, 5.74) is 16.6. The third-order valence-corrected chi connectivity index (χ3v) is 11.9. The fraction of sp³-hybridized carbons (Fsp3) is 0.700. The number of hydrogen-bond acceptors (Lipinski definition) is 15. The Morgan fingerprint density at radius 1 is 0.676 bits per heavy atom. The third kappa shape index (κ3) is 15.9. The molecule has 0 aromatic rings. The molecule has 3 fully saturated rings. The number of nitrogens with two attached hydrogens (primary N) is 3. The molecule has 3 aliphatic rings. The van der Waals surface area contributed by atoms with Crippen molar-refractivity contribution in [1.29, 1.82) is 0 Å². The van der Waals surface area contributed by atoms with Crippen LogP contribution in [0.1, 0.15) is 78.6 Å². The van der Waals surface area contributed by atoms with Crippen LogP contribution in [0.4, 0.5) is 0 Å². The molecule has 0 spiro atoms. The summed E-state index contributed by atoms with van der Waals surface area (Å²) in [7, 11) is 0. The molecule has 0 bridgehead atoms. The van der Waals surface area contributed by atoms with Crippen molar-refractivity contribution in [3.8, 4) is 0 Å². The van der Waals surface area contributed by atoms with Crippen LogP contribution in [0.25, 0.3) is 0 Å². The van der Waals surface area contributed by atoms with Gasteiger partial charge in [0.05, 0.1) is 25.1 Å². The van der Waals surface area contributed by atoms with Crippen molar-refractivity contribution < 1.29 is 68.1 Å². The summed E-state index contributed by atoms with van der Waals surface area (Å²) in [5.74, 6) is -10.4. The molecule has 15 N–H and O–H groups in total. The quantitative estimate of drug-likeness (QED) is 0.0185. The van der Waals surface area contributed by atoms with E-state index in [0.29, 0.717) is 19.3 Å². The highest BCUT2D eigenvalue weighted by atomic mass is 32.1. The van der Waals surface area contributed by atoms with Crippen LogP contribution in [0.3, 0.4) is 0 Å². The Labute approximate surface area is 397 Å². The fourth-order valence-corrected chi connectivity index (χ4v) is 8.29. The smallest absolute Gasteiger partial charge is 0.327 e. The van der Waals surface area contributed by atoms with Gasteiger partial charge in [0.2, 0.25) is 53.2 Å². The molecule has 0 aromatic heterocycles. The van der Waals surface area contributed by atoms with Crippen LogP contribution in [0.15, 0.2) is 4.99 Å². The zero-order valence-electron chi connectivity index (χ0n) is 38.2. The summed E-state index contributed by atoms with van der Waals surface area (Å²) in [6.07, 6.45) is -0.792. The van der Waals surface area contributed by atoms with Crippen LogP contribution in [0, 0.1) is 0 Å². The summed E-state index contributed by atoms with van der Waals surface area (Å²) in [5, 5.41) is 43.7. The van der Waals surface area contributed by atoms with Crippen molar-refractivity contribution in [2.45, 2.75) is 139 Å². The molecule has 9 amide bonds. The summed E-state index contributed by atoms with van der Waals surface area (Å²) in [4.78, 5) is 151. The van der Waals surface area contributed by atoms with Crippen LogP contribution in [-0.4, -0.2) is 200 Å². The van der Waals surface area contributed by atoms with E-state index in [2.05, 4.69) is 49.5 Å². The zero-order valence-corrected chi connectivity index (χ0v) is 39.1. The average Bonchev–Trinajstić information content (AvgIpc) is 4.08. The second-order valence-corrected chi connectivity index (χ2v) is 17.2. The molecule has 0 saturated carbocycles. The molecule has 3 heterocycles. The molecule has 0 unspecified atom stereocenters. The van der Waals surface area contributed by atoms with Crippen LogP contribution in [0.5, 0.6) is 0 Å². The van der Waals surface area contributed by atoms with E-state index in [0.717, 1.165) is 6.92 Å². The molecule has 10 atom stereocenters. The number of carbonyl (C=O) groups is 11. The van der Waals surface area contributed by atoms with E-state index in [1.807, 2.05) is 0 Å². The van der Waals surface area contributed by atoms with E-state index in [1.165, 1.54) is 28.5 Å². The summed E-state index contributed by atoms with van der Waals surface area (Å²) >= 11 is 3.88.